The molecule has 0 saturated carbocycles. The lowest BCUT2D eigenvalue weighted by atomic mass is 9.94. The Morgan fingerprint density at radius 1 is 1.41 bits per heavy atom. The zero-order valence-electron chi connectivity index (χ0n) is 11.1. The summed E-state index contributed by atoms with van der Waals surface area (Å²) in [4.78, 5) is 0. The van der Waals surface area contributed by atoms with Crippen LogP contribution in [-0.4, -0.2) is 19.2 Å². The van der Waals surface area contributed by atoms with Gasteiger partial charge in [-0.1, -0.05) is 43.7 Å². The van der Waals surface area contributed by atoms with E-state index in [2.05, 4.69) is 50.4 Å². The summed E-state index contributed by atoms with van der Waals surface area (Å²) in [6.07, 6.45) is 1.44. The lowest BCUT2D eigenvalue weighted by Crippen LogP contribution is -2.30. The summed E-state index contributed by atoms with van der Waals surface area (Å²) < 4.78 is 5.90. The molecular weight excluding hydrogens is 210 g/mol. The van der Waals surface area contributed by atoms with Gasteiger partial charge in [-0.15, -0.1) is 0 Å². The van der Waals surface area contributed by atoms with E-state index in [0.717, 1.165) is 13.2 Å². The molecule has 17 heavy (non-hydrogen) atoms. The van der Waals surface area contributed by atoms with Crippen molar-refractivity contribution in [3.63, 3.8) is 0 Å². The van der Waals surface area contributed by atoms with Crippen molar-refractivity contribution in [3.05, 3.63) is 35.4 Å². The predicted molar refractivity (Wildman–Crippen MR) is 71.1 cm³/mol. The van der Waals surface area contributed by atoms with E-state index in [1.807, 2.05) is 0 Å². The highest BCUT2D eigenvalue weighted by molar-refractivity contribution is 5.25. The summed E-state index contributed by atoms with van der Waals surface area (Å²) in [5.41, 5.74) is 2.65. The quantitative estimate of drug-likeness (QED) is 0.863. The van der Waals surface area contributed by atoms with Gasteiger partial charge in [0, 0.05) is 25.1 Å². The maximum Gasteiger partial charge on any atom is 0.0866 e. The number of nitrogens with one attached hydrogen (secondary N) is 1. The molecule has 0 aliphatic carbocycles. The zero-order chi connectivity index (χ0) is 12.3. The normalized spacial score (nSPS) is 24.5. The molecular formula is C15H23NO. The Bertz CT molecular complexity index is 362. The highest BCUT2D eigenvalue weighted by Crippen LogP contribution is 2.34. The van der Waals surface area contributed by atoms with Crippen LogP contribution in [0, 0.1) is 12.8 Å². The van der Waals surface area contributed by atoms with Gasteiger partial charge in [0.1, 0.15) is 0 Å². The second kappa shape index (κ2) is 5.65. The van der Waals surface area contributed by atoms with Gasteiger partial charge in [-0.25, -0.2) is 0 Å². The molecule has 2 unspecified atom stereocenters. The molecule has 1 fully saturated rings. The molecule has 2 rings (SSSR count). The third-order valence-electron chi connectivity index (χ3n) is 3.37. The van der Waals surface area contributed by atoms with Crippen LogP contribution in [0.25, 0.3) is 0 Å². The number of hydrogen-bond donors (Lipinski definition) is 1. The fraction of sp³-hybridized carbons (Fsp3) is 0.600. The van der Waals surface area contributed by atoms with E-state index in [4.69, 9.17) is 4.74 Å². The topological polar surface area (TPSA) is 21.3 Å². The molecule has 2 nitrogen and oxygen atoms in total. The first-order valence-corrected chi connectivity index (χ1v) is 6.58. The SMILES string of the molecule is Cc1cccc(C2OCCC2CNC(C)C)c1. The van der Waals surface area contributed by atoms with Crippen LogP contribution < -0.4 is 5.32 Å². The van der Waals surface area contributed by atoms with E-state index >= 15 is 0 Å². The maximum absolute atomic E-state index is 5.90. The van der Waals surface area contributed by atoms with Crippen molar-refractivity contribution in [1.29, 1.82) is 0 Å². The summed E-state index contributed by atoms with van der Waals surface area (Å²) in [6, 6.07) is 9.25. The Labute approximate surface area is 104 Å². The van der Waals surface area contributed by atoms with Crippen molar-refractivity contribution < 1.29 is 4.74 Å². The molecule has 1 aliphatic heterocycles. The van der Waals surface area contributed by atoms with Crippen molar-refractivity contribution in [2.75, 3.05) is 13.2 Å². The highest BCUT2D eigenvalue weighted by atomic mass is 16.5. The predicted octanol–water partition coefficient (Wildman–Crippen LogP) is 3.07. The molecule has 1 aromatic rings. The molecule has 0 aromatic heterocycles. The molecule has 94 valence electrons. The maximum atomic E-state index is 5.90. The van der Waals surface area contributed by atoms with Gasteiger partial charge in [-0.3, -0.25) is 0 Å². The van der Waals surface area contributed by atoms with Crippen LogP contribution in [-0.2, 0) is 4.74 Å². The molecule has 0 bridgehead atoms. The number of benzene rings is 1. The van der Waals surface area contributed by atoms with Gasteiger partial charge in [0.25, 0.3) is 0 Å². The van der Waals surface area contributed by atoms with Gasteiger partial charge >= 0.3 is 0 Å². The number of ether oxygens (including phenoxy) is 1. The van der Waals surface area contributed by atoms with Crippen molar-refractivity contribution in [3.8, 4) is 0 Å². The van der Waals surface area contributed by atoms with Gasteiger partial charge in [0.2, 0.25) is 0 Å². The van der Waals surface area contributed by atoms with E-state index in [9.17, 15) is 0 Å². The first-order chi connectivity index (χ1) is 8.16. The summed E-state index contributed by atoms with van der Waals surface area (Å²) in [5, 5.41) is 3.52. The molecule has 1 aliphatic rings. The first kappa shape index (κ1) is 12.6. The van der Waals surface area contributed by atoms with Crippen molar-refractivity contribution in [1.82, 2.24) is 5.32 Å². The van der Waals surface area contributed by atoms with Crippen LogP contribution in [0.2, 0.25) is 0 Å². The Morgan fingerprint density at radius 3 is 2.94 bits per heavy atom. The second-order valence-corrected chi connectivity index (χ2v) is 5.32. The highest BCUT2D eigenvalue weighted by Gasteiger charge is 2.29. The van der Waals surface area contributed by atoms with Crippen molar-refractivity contribution in [2.45, 2.75) is 39.3 Å². The molecule has 0 amide bonds. The van der Waals surface area contributed by atoms with Crippen LogP contribution in [0.15, 0.2) is 24.3 Å². The summed E-state index contributed by atoms with van der Waals surface area (Å²) in [7, 11) is 0. The zero-order valence-corrected chi connectivity index (χ0v) is 11.1. The molecule has 2 atom stereocenters. The molecule has 1 aromatic carbocycles. The van der Waals surface area contributed by atoms with Gasteiger partial charge < -0.3 is 10.1 Å². The van der Waals surface area contributed by atoms with E-state index in [0.29, 0.717) is 12.0 Å². The van der Waals surface area contributed by atoms with Crippen LogP contribution in [0.1, 0.15) is 37.5 Å². The first-order valence-electron chi connectivity index (χ1n) is 6.58. The fourth-order valence-electron chi connectivity index (χ4n) is 2.45. The van der Waals surface area contributed by atoms with Crippen LogP contribution in [0.5, 0.6) is 0 Å². The number of aryl methyl sites for hydroxylation is 1. The molecule has 1 N–H and O–H groups in total. The van der Waals surface area contributed by atoms with Gasteiger partial charge in [-0.05, 0) is 18.9 Å². The third kappa shape index (κ3) is 3.30. The average Bonchev–Trinajstić information content (AvgIpc) is 2.74. The van der Waals surface area contributed by atoms with Crippen LogP contribution in [0.3, 0.4) is 0 Å². The Kier molecular flexibility index (Phi) is 4.19. The minimum absolute atomic E-state index is 0.279. The summed E-state index contributed by atoms with van der Waals surface area (Å²) in [5.74, 6) is 0.610. The van der Waals surface area contributed by atoms with Gasteiger partial charge in [0.05, 0.1) is 6.10 Å². The minimum atomic E-state index is 0.279. The molecule has 1 heterocycles. The minimum Gasteiger partial charge on any atom is -0.373 e. The van der Waals surface area contributed by atoms with Crippen molar-refractivity contribution in [2.24, 2.45) is 5.92 Å². The lowest BCUT2D eigenvalue weighted by Gasteiger charge is -2.21. The smallest absolute Gasteiger partial charge is 0.0866 e. The Hall–Kier alpha value is -0.860. The van der Waals surface area contributed by atoms with Crippen molar-refractivity contribution >= 4 is 0 Å². The Morgan fingerprint density at radius 2 is 2.24 bits per heavy atom. The summed E-state index contributed by atoms with van der Waals surface area (Å²) >= 11 is 0. The van der Waals surface area contributed by atoms with E-state index in [1.54, 1.807) is 0 Å². The van der Waals surface area contributed by atoms with Crippen LogP contribution >= 0.6 is 0 Å². The second-order valence-electron chi connectivity index (χ2n) is 5.32. The lowest BCUT2D eigenvalue weighted by molar-refractivity contribution is 0.0900. The monoisotopic (exact) mass is 233 g/mol. The summed E-state index contributed by atoms with van der Waals surface area (Å²) in [6.45, 7) is 8.47. The van der Waals surface area contributed by atoms with E-state index in [1.165, 1.54) is 17.5 Å². The van der Waals surface area contributed by atoms with Crippen LogP contribution in [0.4, 0.5) is 0 Å². The van der Waals surface area contributed by atoms with E-state index < -0.39 is 0 Å². The molecule has 2 heteroatoms. The Balaban J connectivity index is 2.04. The number of hydrogen-bond acceptors (Lipinski definition) is 2. The third-order valence-corrected chi connectivity index (χ3v) is 3.37. The molecule has 0 spiro atoms. The fourth-order valence-corrected chi connectivity index (χ4v) is 2.45. The molecule has 0 radical (unpaired) electrons. The standard InChI is InChI=1S/C15H23NO/c1-11(2)16-10-14-7-8-17-15(14)13-6-4-5-12(3)9-13/h4-6,9,11,14-16H,7-8,10H2,1-3H3. The molecule has 1 saturated heterocycles. The largest absolute Gasteiger partial charge is 0.373 e. The van der Waals surface area contributed by atoms with E-state index in [-0.39, 0.29) is 6.10 Å². The van der Waals surface area contributed by atoms with Gasteiger partial charge in [-0.2, -0.15) is 0 Å². The van der Waals surface area contributed by atoms with Gasteiger partial charge in [0.15, 0.2) is 0 Å². The average molecular weight is 233 g/mol. The number of rotatable bonds is 4.